The van der Waals surface area contributed by atoms with Gasteiger partial charge in [0, 0.05) is 25.8 Å². The van der Waals surface area contributed by atoms with Crippen molar-refractivity contribution < 1.29 is 13.9 Å². The third-order valence-corrected chi connectivity index (χ3v) is 3.50. The average Bonchev–Trinajstić information content (AvgIpc) is 3.02. The Hall–Kier alpha value is -2.14. The monoisotopic (exact) mass is 336 g/mol. The zero-order chi connectivity index (χ0) is 16.8. The van der Waals surface area contributed by atoms with Crippen molar-refractivity contribution in [1.29, 1.82) is 0 Å². The number of carbonyl (C=O) groups is 1. The van der Waals surface area contributed by atoms with Crippen LogP contribution in [0.25, 0.3) is 0 Å². The van der Waals surface area contributed by atoms with E-state index in [9.17, 15) is 4.79 Å². The van der Waals surface area contributed by atoms with Gasteiger partial charge >= 0.3 is 0 Å². The van der Waals surface area contributed by atoms with E-state index in [1.165, 1.54) is 0 Å². The van der Waals surface area contributed by atoms with Crippen molar-refractivity contribution in [2.75, 3.05) is 25.5 Å². The van der Waals surface area contributed by atoms with Gasteiger partial charge in [0.25, 0.3) is 5.91 Å². The molecule has 1 N–H and O–H groups in total. The van der Waals surface area contributed by atoms with Crippen molar-refractivity contribution in [1.82, 2.24) is 5.32 Å². The molecule has 2 aromatic rings. The summed E-state index contributed by atoms with van der Waals surface area (Å²) < 4.78 is 11.1. The number of rotatable bonds is 7. The van der Waals surface area contributed by atoms with E-state index in [4.69, 9.17) is 20.8 Å². The molecular formula is C17H21ClN2O3. The number of carbonyl (C=O) groups excluding carboxylic acids is 1. The number of halogens is 1. The molecule has 0 radical (unpaired) electrons. The van der Waals surface area contributed by atoms with Crippen molar-refractivity contribution in [3.05, 3.63) is 47.9 Å². The molecule has 5 nitrogen and oxygen atoms in total. The van der Waals surface area contributed by atoms with Crippen LogP contribution in [0.1, 0.15) is 23.2 Å². The molecule has 0 fully saturated rings. The highest BCUT2D eigenvalue weighted by atomic mass is 35.5. The number of benzene rings is 1. The smallest absolute Gasteiger partial charge is 0.287 e. The maximum atomic E-state index is 12.0. The van der Waals surface area contributed by atoms with E-state index < -0.39 is 0 Å². The predicted molar refractivity (Wildman–Crippen MR) is 91.5 cm³/mol. The number of ether oxygens (including phenoxy) is 1. The molecule has 1 aromatic heterocycles. The molecule has 6 heteroatoms. The summed E-state index contributed by atoms with van der Waals surface area (Å²) in [6, 6.07) is 11.1. The van der Waals surface area contributed by atoms with Gasteiger partial charge in [-0.05, 0) is 31.2 Å². The van der Waals surface area contributed by atoms with Crippen LogP contribution < -0.4 is 15.0 Å². The third-order valence-electron chi connectivity index (χ3n) is 3.24. The molecule has 0 spiro atoms. The summed E-state index contributed by atoms with van der Waals surface area (Å²) >= 11 is 5.65. The second kappa shape index (κ2) is 7.92. The first-order valence-electron chi connectivity index (χ1n) is 7.36. The summed E-state index contributed by atoms with van der Waals surface area (Å²) in [5, 5.41) is 2.78. The first-order chi connectivity index (χ1) is 11.0. The highest BCUT2D eigenvalue weighted by Gasteiger charge is 2.13. The minimum atomic E-state index is -0.279. The van der Waals surface area contributed by atoms with E-state index in [0.29, 0.717) is 12.3 Å². The number of anilines is 1. The maximum Gasteiger partial charge on any atom is 0.287 e. The Kier molecular flexibility index (Phi) is 5.93. The highest BCUT2D eigenvalue weighted by molar-refractivity contribution is 6.16. The Balaban J connectivity index is 1.86. The lowest BCUT2D eigenvalue weighted by atomic mass is 10.3. The Morgan fingerprint density at radius 3 is 2.78 bits per heavy atom. The molecule has 0 bridgehead atoms. The van der Waals surface area contributed by atoms with Crippen molar-refractivity contribution >= 4 is 23.2 Å². The number of nitrogens with one attached hydrogen (secondary N) is 1. The van der Waals surface area contributed by atoms with Crippen LogP contribution in [0.3, 0.4) is 0 Å². The van der Waals surface area contributed by atoms with E-state index in [1.54, 1.807) is 12.1 Å². The zero-order valence-electron chi connectivity index (χ0n) is 13.5. The van der Waals surface area contributed by atoms with Crippen molar-refractivity contribution in [3.8, 4) is 5.75 Å². The Morgan fingerprint density at radius 1 is 1.35 bits per heavy atom. The standard InChI is InChI=1S/C17H21ClN2O3/c1-12(22-14-6-4-5-13(9-14)20(2)3)11-19-17(21)16-8-7-15(10-18)23-16/h4-9,12H,10-11H2,1-3H3,(H,19,21). The summed E-state index contributed by atoms with van der Waals surface area (Å²) in [5.41, 5.74) is 1.06. The second-order valence-electron chi connectivity index (χ2n) is 5.43. The van der Waals surface area contributed by atoms with Crippen LogP contribution in [-0.4, -0.2) is 32.7 Å². The van der Waals surface area contributed by atoms with Crippen LogP contribution in [0.4, 0.5) is 5.69 Å². The minimum Gasteiger partial charge on any atom is -0.489 e. The fraction of sp³-hybridized carbons (Fsp3) is 0.353. The van der Waals surface area contributed by atoms with Crippen LogP contribution >= 0.6 is 11.6 Å². The van der Waals surface area contributed by atoms with Gasteiger partial charge < -0.3 is 19.4 Å². The van der Waals surface area contributed by atoms with E-state index >= 15 is 0 Å². The maximum absolute atomic E-state index is 12.0. The Morgan fingerprint density at radius 2 is 2.13 bits per heavy atom. The first-order valence-corrected chi connectivity index (χ1v) is 7.90. The van der Waals surface area contributed by atoms with Gasteiger partial charge in [0.15, 0.2) is 5.76 Å². The van der Waals surface area contributed by atoms with Crippen LogP contribution in [-0.2, 0) is 5.88 Å². The summed E-state index contributed by atoms with van der Waals surface area (Å²) in [4.78, 5) is 14.0. The molecular weight excluding hydrogens is 316 g/mol. The SMILES string of the molecule is CC(CNC(=O)c1ccc(CCl)o1)Oc1cccc(N(C)C)c1. The van der Waals surface area contributed by atoms with Gasteiger partial charge in [0.2, 0.25) is 0 Å². The molecule has 2 rings (SSSR count). The topological polar surface area (TPSA) is 54.7 Å². The number of hydrogen-bond donors (Lipinski definition) is 1. The quantitative estimate of drug-likeness (QED) is 0.788. The lowest BCUT2D eigenvalue weighted by Gasteiger charge is -2.18. The van der Waals surface area contributed by atoms with Crippen LogP contribution in [0, 0.1) is 0 Å². The van der Waals surface area contributed by atoms with Gasteiger partial charge in [0.05, 0.1) is 12.4 Å². The number of nitrogens with zero attached hydrogens (tertiary/aromatic N) is 1. The molecule has 1 aromatic carbocycles. The molecule has 1 amide bonds. The molecule has 124 valence electrons. The molecule has 0 saturated carbocycles. The van der Waals surface area contributed by atoms with Crippen molar-refractivity contribution in [3.63, 3.8) is 0 Å². The molecule has 1 unspecified atom stereocenters. The average molecular weight is 337 g/mol. The van der Waals surface area contributed by atoms with Gasteiger partial charge in [-0.2, -0.15) is 0 Å². The lowest BCUT2D eigenvalue weighted by molar-refractivity contribution is 0.0903. The number of alkyl halides is 1. The highest BCUT2D eigenvalue weighted by Crippen LogP contribution is 2.20. The van der Waals surface area contributed by atoms with E-state index in [-0.39, 0.29) is 23.7 Å². The summed E-state index contributed by atoms with van der Waals surface area (Å²) in [5.74, 6) is 1.55. The molecule has 1 atom stereocenters. The largest absolute Gasteiger partial charge is 0.489 e. The minimum absolute atomic E-state index is 0.168. The van der Waals surface area contributed by atoms with E-state index in [2.05, 4.69) is 5.32 Å². The lowest BCUT2D eigenvalue weighted by Crippen LogP contribution is -2.33. The van der Waals surface area contributed by atoms with Gasteiger partial charge in [-0.25, -0.2) is 0 Å². The number of furan rings is 1. The zero-order valence-corrected chi connectivity index (χ0v) is 14.3. The van der Waals surface area contributed by atoms with Crippen molar-refractivity contribution in [2.45, 2.75) is 18.9 Å². The molecule has 0 saturated heterocycles. The van der Waals surface area contributed by atoms with Gasteiger partial charge in [0.1, 0.15) is 17.6 Å². The fourth-order valence-corrected chi connectivity index (χ4v) is 2.15. The third kappa shape index (κ3) is 4.93. The Labute approximate surface area is 141 Å². The fourth-order valence-electron chi connectivity index (χ4n) is 2.00. The second-order valence-corrected chi connectivity index (χ2v) is 5.70. The van der Waals surface area contributed by atoms with Gasteiger partial charge in [-0.3, -0.25) is 4.79 Å². The van der Waals surface area contributed by atoms with Gasteiger partial charge in [-0.15, -0.1) is 11.6 Å². The summed E-state index contributed by atoms with van der Waals surface area (Å²) in [7, 11) is 3.95. The van der Waals surface area contributed by atoms with Crippen LogP contribution in [0.5, 0.6) is 5.75 Å². The van der Waals surface area contributed by atoms with E-state index in [0.717, 1.165) is 11.4 Å². The summed E-state index contributed by atoms with van der Waals surface area (Å²) in [6.07, 6.45) is -0.168. The number of amides is 1. The molecule has 0 aliphatic heterocycles. The normalized spacial score (nSPS) is 11.8. The first kappa shape index (κ1) is 17.2. The Bertz CT molecular complexity index is 655. The van der Waals surface area contributed by atoms with Crippen LogP contribution in [0.15, 0.2) is 40.8 Å². The molecule has 0 aliphatic rings. The van der Waals surface area contributed by atoms with Crippen LogP contribution in [0.2, 0.25) is 0 Å². The van der Waals surface area contributed by atoms with Gasteiger partial charge in [-0.1, -0.05) is 6.07 Å². The van der Waals surface area contributed by atoms with Crippen molar-refractivity contribution in [2.24, 2.45) is 0 Å². The number of hydrogen-bond acceptors (Lipinski definition) is 4. The predicted octanol–water partition coefficient (Wildman–Crippen LogP) is 3.28. The molecule has 23 heavy (non-hydrogen) atoms. The molecule has 1 heterocycles. The molecule has 0 aliphatic carbocycles. The summed E-state index contributed by atoms with van der Waals surface area (Å²) in [6.45, 7) is 2.27. The van der Waals surface area contributed by atoms with E-state index in [1.807, 2.05) is 50.2 Å².